The van der Waals surface area contributed by atoms with Gasteiger partial charge in [-0.3, -0.25) is 9.59 Å². The van der Waals surface area contributed by atoms with Crippen LogP contribution in [-0.2, 0) is 16.1 Å². The Morgan fingerprint density at radius 1 is 1.20 bits per heavy atom. The number of hydrogen-bond acceptors (Lipinski definition) is 7. The summed E-state index contributed by atoms with van der Waals surface area (Å²) in [5, 5.41) is 13.8. The maximum Gasteiger partial charge on any atom is 0.258 e. The molecule has 2 amide bonds. The summed E-state index contributed by atoms with van der Waals surface area (Å²) in [7, 11) is 0. The lowest BCUT2D eigenvalue weighted by Crippen LogP contribution is -2.28. The number of nitrogens with one attached hydrogen (secondary N) is 2. The minimum absolute atomic E-state index is 0.0816. The third-order valence-corrected chi connectivity index (χ3v) is 4.76. The second-order valence-corrected chi connectivity index (χ2v) is 7.14. The summed E-state index contributed by atoms with van der Waals surface area (Å²) in [6, 6.07) is 14.9. The van der Waals surface area contributed by atoms with E-state index >= 15 is 0 Å². The van der Waals surface area contributed by atoms with Crippen LogP contribution in [0.3, 0.4) is 0 Å². The van der Waals surface area contributed by atoms with Gasteiger partial charge in [-0.2, -0.15) is 5.10 Å². The molecule has 156 valence electrons. The summed E-state index contributed by atoms with van der Waals surface area (Å²) in [6.45, 7) is 2.63. The molecular formula is C21H22N4O4S. The number of ether oxygens (including phenoxy) is 2. The van der Waals surface area contributed by atoms with Crippen LogP contribution in [0.5, 0.6) is 11.5 Å². The summed E-state index contributed by atoms with van der Waals surface area (Å²) in [5.41, 5.74) is 1.77. The van der Waals surface area contributed by atoms with Crippen molar-refractivity contribution in [1.29, 1.82) is 0 Å². The monoisotopic (exact) mass is 426 g/mol. The summed E-state index contributed by atoms with van der Waals surface area (Å²) < 4.78 is 11.3. The van der Waals surface area contributed by atoms with E-state index in [1.54, 1.807) is 24.4 Å². The Labute approximate surface area is 178 Å². The zero-order valence-electron chi connectivity index (χ0n) is 16.5. The van der Waals surface area contributed by atoms with Gasteiger partial charge in [0.2, 0.25) is 5.91 Å². The molecule has 1 saturated heterocycles. The van der Waals surface area contributed by atoms with Crippen molar-refractivity contribution in [3.05, 3.63) is 59.7 Å². The van der Waals surface area contributed by atoms with Gasteiger partial charge in [0.15, 0.2) is 23.3 Å². The van der Waals surface area contributed by atoms with Crippen LogP contribution < -0.4 is 20.1 Å². The molecule has 1 aliphatic rings. The molecule has 2 aromatic carbocycles. The van der Waals surface area contributed by atoms with E-state index in [1.165, 1.54) is 11.8 Å². The number of amides is 2. The van der Waals surface area contributed by atoms with Gasteiger partial charge in [0, 0.05) is 6.54 Å². The average Bonchev–Trinajstić information content (AvgIpc) is 3.17. The molecule has 2 aromatic rings. The zero-order chi connectivity index (χ0) is 21.2. The highest BCUT2D eigenvalue weighted by molar-refractivity contribution is 8.15. The molecule has 30 heavy (non-hydrogen) atoms. The second-order valence-electron chi connectivity index (χ2n) is 6.18. The van der Waals surface area contributed by atoms with Crippen molar-refractivity contribution in [2.75, 3.05) is 19.0 Å². The molecular weight excluding hydrogens is 404 g/mol. The molecule has 1 heterocycles. The first-order valence-electron chi connectivity index (χ1n) is 9.38. The smallest absolute Gasteiger partial charge is 0.258 e. The number of carbonyl (C=O) groups excluding carboxylic acids is 2. The van der Waals surface area contributed by atoms with Crippen molar-refractivity contribution in [2.45, 2.75) is 13.5 Å². The summed E-state index contributed by atoms with van der Waals surface area (Å²) in [5.74, 6) is 1.02. The molecule has 2 N–H and O–H groups in total. The fourth-order valence-corrected chi connectivity index (χ4v) is 3.14. The Morgan fingerprint density at radius 3 is 2.77 bits per heavy atom. The van der Waals surface area contributed by atoms with Crippen molar-refractivity contribution in [1.82, 2.24) is 10.6 Å². The molecule has 0 aromatic heterocycles. The molecule has 0 spiro atoms. The fraction of sp³-hybridized carbons (Fsp3) is 0.238. The first kappa shape index (κ1) is 21.4. The number of carbonyl (C=O) groups is 2. The van der Waals surface area contributed by atoms with Gasteiger partial charge in [-0.25, -0.2) is 0 Å². The maximum absolute atomic E-state index is 12.1. The Hall–Kier alpha value is -3.33. The lowest BCUT2D eigenvalue weighted by Gasteiger charge is -2.12. The van der Waals surface area contributed by atoms with Crippen LogP contribution in [-0.4, -0.2) is 42.2 Å². The lowest BCUT2D eigenvalue weighted by atomic mass is 10.2. The summed E-state index contributed by atoms with van der Waals surface area (Å²) in [4.78, 5) is 23.2. The Kier molecular flexibility index (Phi) is 7.85. The Balaban J connectivity index is 1.56. The SMILES string of the molecule is CCOc1cc(C=NN=C2NC(=O)CS2)ccc1OCC(=O)NCc1ccccc1. The van der Waals surface area contributed by atoms with E-state index in [0.717, 1.165) is 11.1 Å². The largest absolute Gasteiger partial charge is 0.490 e. The van der Waals surface area contributed by atoms with Gasteiger partial charge in [-0.05, 0) is 36.2 Å². The van der Waals surface area contributed by atoms with Crippen LogP contribution in [0.25, 0.3) is 0 Å². The molecule has 0 aliphatic carbocycles. The van der Waals surface area contributed by atoms with Crippen molar-refractivity contribution < 1.29 is 19.1 Å². The number of rotatable bonds is 9. The second kappa shape index (κ2) is 11.0. The van der Waals surface area contributed by atoms with Crippen LogP contribution in [0.4, 0.5) is 0 Å². The lowest BCUT2D eigenvalue weighted by molar-refractivity contribution is -0.123. The first-order valence-corrected chi connectivity index (χ1v) is 10.4. The maximum atomic E-state index is 12.1. The molecule has 0 atom stereocenters. The third-order valence-electron chi connectivity index (χ3n) is 3.90. The van der Waals surface area contributed by atoms with Gasteiger partial charge in [0.05, 0.1) is 18.6 Å². The van der Waals surface area contributed by atoms with Gasteiger partial charge in [-0.1, -0.05) is 42.1 Å². The van der Waals surface area contributed by atoms with E-state index in [1.807, 2.05) is 37.3 Å². The molecule has 1 fully saturated rings. The average molecular weight is 426 g/mol. The van der Waals surface area contributed by atoms with Crippen LogP contribution in [0.15, 0.2) is 58.7 Å². The van der Waals surface area contributed by atoms with Gasteiger partial charge in [0.1, 0.15) is 0 Å². The van der Waals surface area contributed by atoms with E-state index in [4.69, 9.17) is 9.47 Å². The van der Waals surface area contributed by atoms with E-state index in [-0.39, 0.29) is 18.4 Å². The van der Waals surface area contributed by atoms with E-state index in [9.17, 15) is 9.59 Å². The number of nitrogens with zero attached hydrogens (tertiary/aromatic N) is 2. The minimum Gasteiger partial charge on any atom is -0.490 e. The molecule has 9 heteroatoms. The van der Waals surface area contributed by atoms with E-state index < -0.39 is 0 Å². The molecule has 1 aliphatic heterocycles. The summed E-state index contributed by atoms with van der Waals surface area (Å²) >= 11 is 1.30. The van der Waals surface area contributed by atoms with E-state index in [0.29, 0.717) is 35.6 Å². The number of hydrogen-bond donors (Lipinski definition) is 2. The highest BCUT2D eigenvalue weighted by atomic mass is 32.2. The van der Waals surface area contributed by atoms with E-state index in [2.05, 4.69) is 20.8 Å². The molecule has 8 nitrogen and oxygen atoms in total. The molecule has 0 saturated carbocycles. The highest BCUT2D eigenvalue weighted by Crippen LogP contribution is 2.28. The normalized spacial score (nSPS) is 14.7. The van der Waals surface area contributed by atoms with Crippen molar-refractivity contribution in [3.8, 4) is 11.5 Å². The Morgan fingerprint density at radius 2 is 2.03 bits per heavy atom. The Bertz CT molecular complexity index is 947. The standard InChI is InChI=1S/C21H22N4O4S/c1-2-28-18-10-16(12-23-25-21-24-20(27)14-30-21)8-9-17(18)29-13-19(26)22-11-15-6-4-3-5-7-15/h3-10,12H,2,11,13-14H2,1H3,(H,22,26)(H,24,25,27). The quantitative estimate of drug-likeness (QED) is 0.473. The van der Waals surface area contributed by atoms with Gasteiger partial charge in [-0.15, -0.1) is 5.10 Å². The van der Waals surface area contributed by atoms with Crippen LogP contribution in [0.2, 0.25) is 0 Å². The first-order chi connectivity index (χ1) is 14.6. The highest BCUT2D eigenvalue weighted by Gasteiger charge is 2.16. The summed E-state index contributed by atoms with van der Waals surface area (Å²) in [6.07, 6.45) is 1.55. The third kappa shape index (κ3) is 6.63. The van der Waals surface area contributed by atoms with Crippen molar-refractivity contribution >= 4 is 35.0 Å². The van der Waals surface area contributed by atoms with Gasteiger partial charge >= 0.3 is 0 Å². The number of benzene rings is 2. The van der Waals surface area contributed by atoms with Crippen LogP contribution >= 0.6 is 11.8 Å². The van der Waals surface area contributed by atoms with Crippen LogP contribution in [0.1, 0.15) is 18.1 Å². The van der Waals surface area contributed by atoms with Crippen LogP contribution in [0, 0.1) is 0 Å². The minimum atomic E-state index is -0.223. The topological polar surface area (TPSA) is 101 Å². The predicted molar refractivity (Wildman–Crippen MR) is 117 cm³/mol. The predicted octanol–water partition coefficient (Wildman–Crippen LogP) is 2.33. The van der Waals surface area contributed by atoms with Gasteiger partial charge < -0.3 is 20.1 Å². The number of thioether (sulfide) groups is 1. The molecule has 0 bridgehead atoms. The van der Waals surface area contributed by atoms with Gasteiger partial charge in [0.25, 0.3) is 5.91 Å². The molecule has 0 unspecified atom stereocenters. The zero-order valence-corrected chi connectivity index (χ0v) is 17.3. The van der Waals surface area contributed by atoms with Crippen molar-refractivity contribution in [3.63, 3.8) is 0 Å². The fourth-order valence-electron chi connectivity index (χ4n) is 2.51. The molecule has 0 radical (unpaired) electrons. The number of amidine groups is 1. The molecule has 3 rings (SSSR count). The van der Waals surface area contributed by atoms with Crippen molar-refractivity contribution in [2.24, 2.45) is 10.2 Å².